The SMILES string of the molecule is Cc1cccc(C)c1N1C(=O)C2C3CCCN3C3(C(=O)Nc4ccccc43)C2C1=O. The number of benzene rings is 2. The van der Waals surface area contributed by atoms with Crippen molar-refractivity contribution in [2.45, 2.75) is 38.3 Å². The van der Waals surface area contributed by atoms with Crippen molar-refractivity contribution in [3.05, 3.63) is 59.2 Å². The normalized spacial score (nSPS) is 32.0. The number of anilines is 2. The van der Waals surface area contributed by atoms with E-state index < -0.39 is 17.4 Å². The van der Waals surface area contributed by atoms with Gasteiger partial charge in [0.05, 0.1) is 17.5 Å². The summed E-state index contributed by atoms with van der Waals surface area (Å²) in [4.78, 5) is 44.8. The van der Waals surface area contributed by atoms with Gasteiger partial charge in [-0.15, -0.1) is 0 Å². The number of para-hydroxylation sites is 2. The summed E-state index contributed by atoms with van der Waals surface area (Å²) in [6.07, 6.45) is 1.76. The molecule has 3 saturated heterocycles. The standard InChI is InChI=1S/C24H23N3O3/c1-13-7-5-8-14(2)20(13)27-21(28)18-17-11-6-12-26(17)24(19(18)22(27)29)15-9-3-4-10-16(15)25-23(24)30/h3-5,7-10,17-19H,6,11-12H2,1-2H3,(H,25,30). The molecule has 4 atom stereocenters. The van der Waals surface area contributed by atoms with E-state index in [4.69, 9.17) is 0 Å². The molecule has 4 heterocycles. The molecule has 0 bridgehead atoms. The first-order valence-electron chi connectivity index (χ1n) is 10.6. The molecular weight excluding hydrogens is 378 g/mol. The minimum atomic E-state index is -1.10. The van der Waals surface area contributed by atoms with E-state index in [1.807, 2.05) is 56.3 Å². The van der Waals surface area contributed by atoms with Crippen LogP contribution in [-0.4, -0.2) is 35.2 Å². The molecular formula is C24H23N3O3. The topological polar surface area (TPSA) is 69.7 Å². The largest absolute Gasteiger partial charge is 0.324 e. The first-order valence-corrected chi connectivity index (χ1v) is 10.6. The molecule has 6 rings (SSSR count). The molecule has 152 valence electrons. The average molecular weight is 401 g/mol. The van der Waals surface area contributed by atoms with E-state index in [1.54, 1.807) is 0 Å². The predicted octanol–water partition coefficient (Wildman–Crippen LogP) is 2.73. The van der Waals surface area contributed by atoms with Crippen molar-refractivity contribution in [1.29, 1.82) is 0 Å². The summed E-state index contributed by atoms with van der Waals surface area (Å²) >= 11 is 0. The highest BCUT2D eigenvalue weighted by Gasteiger charge is 2.74. The van der Waals surface area contributed by atoms with Crippen LogP contribution in [0, 0.1) is 25.7 Å². The first kappa shape index (κ1) is 17.8. The van der Waals surface area contributed by atoms with Crippen molar-refractivity contribution < 1.29 is 14.4 Å². The number of rotatable bonds is 1. The van der Waals surface area contributed by atoms with E-state index in [0.717, 1.165) is 41.8 Å². The summed E-state index contributed by atoms with van der Waals surface area (Å²) in [6.45, 7) is 4.57. The Morgan fingerprint density at radius 1 is 0.967 bits per heavy atom. The van der Waals surface area contributed by atoms with Crippen molar-refractivity contribution in [2.75, 3.05) is 16.8 Å². The monoisotopic (exact) mass is 401 g/mol. The molecule has 2 aromatic rings. The number of nitrogens with zero attached hydrogens (tertiary/aromatic N) is 2. The molecule has 1 spiro atoms. The van der Waals surface area contributed by atoms with Gasteiger partial charge in [-0.2, -0.15) is 0 Å². The molecule has 0 aromatic heterocycles. The van der Waals surface area contributed by atoms with Gasteiger partial charge in [0.25, 0.3) is 0 Å². The molecule has 1 N–H and O–H groups in total. The Bertz CT molecular complexity index is 1120. The molecule has 4 unspecified atom stereocenters. The number of carbonyl (C=O) groups is 3. The van der Waals surface area contributed by atoms with Gasteiger partial charge in [0.15, 0.2) is 0 Å². The van der Waals surface area contributed by atoms with E-state index >= 15 is 0 Å². The Kier molecular flexibility index (Phi) is 3.44. The molecule has 6 heteroatoms. The maximum atomic E-state index is 13.9. The summed E-state index contributed by atoms with van der Waals surface area (Å²) in [6, 6.07) is 13.3. The molecule has 6 nitrogen and oxygen atoms in total. The van der Waals surface area contributed by atoms with Gasteiger partial charge < -0.3 is 5.32 Å². The van der Waals surface area contributed by atoms with Crippen LogP contribution in [0.5, 0.6) is 0 Å². The fourth-order valence-corrected chi connectivity index (χ4v) is 6.54. The van der Waals surface area contributed by atoms with Crippen molar-refractivity contribution in [3.63, 3.8) is 0 Å². The van der Waals surface area contributed by atoms with Crippen LogP contribution in [0.2, 0.25) is 0 Å². The lowest BCUT2D eigenvalue weighted by Gasteiger charge is -2.36. The van der Waals surface area contributed by atoms with Crippen LogP contribution in [0.4, 0.5) is 11.4 Å². The highest BCUT2D eigenvalue weighted by atomic mass is 16.2. The van der Waals surface area contributed by atoms with Gasteiger partial charge in [-0.25, -0.2) is 4.90 Å². The molecule has 2 aromatic carbocycles. The Morgan fingerprint density at radius 2 is 1.70 bits per heavy atom. The van der Waals surface area contributed by atoms with Gasteiger partial charge in [-0.3, -0.25) is 19.3 Å². The number of hydrogen-bond acceptors (Lipinski definition) is 4. The molecule has 3 fully saturated rings. The van der Waals surface area contributed by atoms with E-state index in [-0.39, 0.29) is 23.8 Å². The molecule has 4 aliphatic heterocycles. The third-order valence-corrected chi connectivity index (χ3v) is 7.56. The van der Waals surface area contributed by atoms with E-state index in [2.05, 4.69) is 10.2 Å². The van der Waals surface area contributed by atoms with Crippen LogP contribution < -0.4 is 10.2 Å². The van der Waals surface area contributed by atoms with Crippen molar-refractivity contribution >= 4 is 29.1 Å². The predicted molar refractivity (Wildman–Crippen MR) is 112 cm³/mol. The molecule has 4 aliphatic rings. The van der Waals surface area contributed by atoms with Gasteiger partial charge >= 0.3 is 0 Å². The Balaban J connectivity index is 1.58. The van der Waals surface area contributed by atoms with Crippen LogP contribution >= 0.6 is 0 Å². The summed E-state index contributed by atoms with van der Waals surface area (Å²) in [5.74, 6) is -1.77. The second-order valence-corrected chi connectivity index (χ2v) is 8.92. The van der Waals surface area contributed by atoms with Crippen molar-refractivity contribution in [1.82, 2.24) is 4.90 Å². The van der Waals surface area contributed by atoms with Gasteiger partial charge in [0.1, 0.15) is 5.54 Å². The number of carbonyl (C=O) groups excluding carboxylic acids is 3. The zero-order chi connectivity index (χ0) is 20.8. The molecule has 0 saturated carbocycles. The van der Waals surface area contributed by atoms with Gasteiger partial charge in [0.2, 0.25) is 17.7 Å². The average Bonchev–Trinajstić information content (AvgIpc) is 3.42. The lowest BCUT2D eigenvalue weighted by atomic mass is 9.75. The number of fused-ring (bicyclic) bond motifs is 7. The Labute approximate surface area is 174 Å². The smallest absolute Gasteiger partial charge is 0.250 e. The van der Waals surface area contributed by atoms with Crippen LogP contribution in [0.1, 0.15) is 29.5 Å². The van der Waals surface area contributed by atoms with Crippen molar-refractivity contribution in [3.8, 4) is 0 Å². The number of amides is 3. The number of nitrogens with one attached hydrogen (secondary N) is 1. The minimum absolute atomic E-state index is 0.0855. The maximum absolute atomic E-state index is 13.9. The van der Waals surface area contributed by atoms with Crippen LogP contribution in [0.25, 0.3) is 0 Å². The number of hydrogen-bond donors (Lipinski definition) is 1. The van der Waals surface area contributed by atoms with Gasteiger partial charge in [-0.05, 0) is 50.4 Å². The zero-order valence-electron chi connectivity index (χ0n) is 17.0. The van der Waals surface area contributed by atoms with Crippen LogP contribution in [0.3, 0.4) is 0 Å². The first-order chi connectivity index (χ1) is 14.5. The highest BCUT2D eigenvalue weighted by molar-refractivity contribution is 6.26. The second kappa shape index (κ2) is 5.79. The number of imide groups is 1. The number of aryl methyl sites for hydroxylation is 2. The minimum Gasteiger partial charge on any atom is -0.324 e. The summed E-state index contributed by atoms with van der Waals surface area (Å²) in [5, 5.41) is 3.01. The third kappa shape index (κ3) is 1.86. The fourth-order valence-electron chi connectivity index (χ4n) is 6.54. The quantitative estimate of drug-likeness (QED) is 0.746. The van der Waals surface area contributed by atoms with E-state index in [1.165, 1.54) is 4.90 Å². The zero-order valence-corrected chi connectivity index (χ0v) is 17.0. The van der Waals surface area contributed by atoms with E-state index in [0.29, 0.717) is 5.69 Å². The lowest BCUT2D eigenvalue weighted by Crippen LogP contribution is -2.54. The molecule has 0 radical (unpaired) electrons. The third-order valence-electron chi connectivity index (χ3n) is 7.56. The fraction of sp³-hybridized carbons (Fsp3) is 0.375. The second-order valence-electron chi connectivity index (χ2n) is 8.92. The lowest BCUT2D eigenvalue weighted by molar-refractivity contribution is -0.135. The Hall–Kier alpha value is -2.99. The maximum Gasteiger partial charge on any atom is 0.250 e. The summed E-state index contributed by atoms with van der Waals surface area (Å²) in [5.41, 5.74) is 2.95. The van der Waals surface area contributed by atoms with E-state index in [9.17, 15) is 14.4 Å². The van der Waals surface area contributed by atoms with Crippen LogP contribution in [0.15, 0.2) is 42.5 Å². The Morgan fingerprint density at radius 3 is 2.47 bits per heavy atom. The molecule has 0 aliphatic carbocycles. The molecule has 30 heavy (non-hydrogen) atoms. The molecule has 3 amide bonds. The van der Waals surface area contributed by atoms with Gasteiger partial charge in [0, 0.05) is 17.3 Å². The summed E-state index contributed by atoms with van der Waals surface area (Å²) < 4.78 is 0. The van der Waals surface area contributed by atoms with Gasteiger partial charge in [-0.1, -0.05) is 36.4 Å². The highest BCUT2D eigenvalue weighted by Crippen LogP contribution is 2.60. The summed E-state index contributed by atoms with van der Waals surface area (Å²) in [7, 11) is 0. The van der Waals surface area contributed by atoms with Crippen molar-refractivity contribution in [2.24, 2.45) is 11.8 Å². The van der Waals surface area contributed by atoms with Crippen LogP contribution in [-0.2, 0) is 19.9 Å².